The summed E-state index contributed by atoms with van der Waals surface area (Å²) < 4.78 is 15.5. The summed E-state index contributed by atoms with van der Waals surface area (Å²) in [6.45, 7) is 4.02. The van der Waals surface area contributed by atoms with Crippen LogP contribution in [0.5, 0.6) is 11.5 Å². The van der Waals surface area contributed by atoms with Gasteiger partial charge in [-0.1, -0.05) is 13.0 Å². The second-order valence-electron chi connectivity index (χ2n) is 4.44. The first-order valence-electron chi connectivity index (χ1n) is 6.81. The molecule has 0 aromatic heterocycles. The molecule has 5 heteroatoms. The lowest BCUT2D eigenvalue weighted by molar-refractivity contribution is -0.145. The van der Waals surface area contributed by atoms with E-state index in [9.17, 15) is 4.79 Å². The van der Waals surface area contributed by atoms with Gasteiger partial charge in [-0.05, 0) is 31.4 Å². The van der Waals surface area contributed by atoms with Gasteiger partial charge in [-0.2, -0.15) is 0 Å². The molecule has 0 fully saturated rings. The van der Waals surface area contributed by atoms with Gasteiger partial charge in [-0.25, -0.2) is 4.79 Å². The lowest BCUT2D eigenvalue weighted by Crippen LogP contribution is -2.22. The van der Waals surface area contributed by atoms with Crippen molar-refractivity contribution < 1.29 is 19.0 Å². The smallest absolute Gasteiger partial charge is 0.344 e. The van der Waals surface area contributed by atoms with E-state index >= 15 is 0 Å². The fourth-order valence-electron chi connectivity index (χ4n) is 1.73. The first-order chi connectivity index (χ1) is 9.60. The van der Waals surface area contributed by atoms with E-state index in [1.807, 2.05) is 19.1 Å². The number of carbonyl (C=O) groups is 1. The summed E-state index contributed by atoms with van der Waals surface area (Å²) in [5, 5.41) is 0. The molecule has 0 bridgehead atoms. The topological polar surface area (TPSA) is 70.8 Å². The predicted octanol–water partition coefficient (Wildman–Crippen LogP) is 1.92. The number of ether oxygens (including phenoxy) is 3. The van der Waals surface area contributed by atoms with Crippen LogP contribution in [-0.4, -0.2) is 32.3 Å². The molecule has 0 aliphatic carbocycles. The third-order valence-electron chi connectivity index (χ3n) is 2.93. The van der Waals surface area contributed by atoms with Gasteiger partial charge < -0.3 is 19.9 Å². The van der Waals surface area contributed by atoms with Crippen LogP contribution in [0.25, 0.3) is 0 Å². The highest BCUT2D eigenvalue weighted by Crippen LogP contribution is 2.26. The second kappa shape index (κ2) is 8.43. The molecule has 0 saturated carbocycles. The van der Waals surface area contributed by atoms with Crippen molar-refractivity contribution in [2.45, 2.75) is 32.7 Å². The Balaban J connectivity index is 2.80. The van der Waals surface area contributed by atoms with Crippen LogP contribution in [-0.2, 0) is 16.0 Å². The van der Waals surface area contributed by atoms with Crippen molar-refractivity contribution in [2.24, 2.45) is 5.73 Å². The van der Waals surface area contributed by atoms with Crippen molar-refractivity contribution in [1.82, 2.24) is 0 Å². The molecule has 112 valence electrons. The van der Waals surface area contributed by atoms with Crippen LogP contribution >= 0.6 is 0 Å². The summed E-state index contributed by atoms with van der Waals surface area (Å²) in [5.41, 5.74) is 6.93. The molecular formula is C15H23NO4. The van der Waals surface area contributed by atoms with Crippen LogP contribution in [0, 0.1) is 0 Å². The SMILES string of the molecule is CCOC(=O)COc1cc(OC)ccc1CC(N)CC. The van der Waals surface area contributed by atoms with Crippen molar-refractivity contribution in [3.63, 3.8) is 0 Å². The average molecular weight is 281 g/mol. The summed E-state index contributed by atoms with van der Waals surface area (Å²) in [7, 11) is 1.59. The minimum atomic E-state index is -0.388. The number of carbonyl (C=O) groups excluding carboxylic acids is 1. The van der Waals surface area contributed by atoms with Gasteiger partial charge in [0.05, 0.1) is 13.7 Å². The average Bonchev–Trinajstić information content (AvgIpc) is 2.46. The molecule has 1 aromatic rings. The van der Waals surface area contributed by atoms with Crippen molar-refractivity contribution in [3.8, 4) is 11.5 Å². The number of nitrogens with two attached hydrogens (primary N) is 1. The molecule has 0 aliphatic rings. The molecule has 1 rings (SSSR count). The lowest BCUT2D eigenvalue weighted by Gasteiger charge is -2.15. The van der Waals surface area contributed by atoms with Crippen LogP contribution in [0.3, 0.4) is 0 Å². The maximum atomic E-state index is 11.4. The van der Waals surface area contributed by atoms with E-state index in [2.05, 4.69) is 0 Å². The second-order valence-corrected chi connectivity index (χ2v) is 4.44. The van der Waals surface area contributed by atoms with Crippen molar-refractivity contribution in [2.75, 3.05) is 20.3 Å². The molecule has 1 atom stereocenters. The van der Waals surface area contributed by atoms with E-state index in [0.717, 1.165) is 12.0 Å². The quantitative estimate of drug-likeness (QED) is 0.737. The monoisotopic (exact) mass is 281 g/mol. The van der Waals surface area contributed by atoms with Gasteiger partial charge in [0.2, 0.25) is 0 Å². The number of methoxy groups -OCH3 is 1. The van der Waals surface area contributed by atoms with Crippen molar-refractivity contribution in [3.05, 3.63) is 23.8 Å². The van der Waals surface area contributed by atoms with E-state index in [4.69, 9.17) is 19.9 Å². The first kappa shape index (κ1) is 16.3. The normalized spacial score (nSPS) is 11.8. The van der Waals surface area contributed by atoms with Crippen LogP contribution in [0.1, 0.15) is 25.8 Å². The van der Waals surface area contributed by atoms with Gasteiger partial charge in [0, 0.05) is 12.1 Å². The molecule has 0 spiro atoms. The number of hydrogen-bond donors (Lipinski definition) is 1. The largest absolute Gasteiger partial charge is 0.497 e. The lowest BCUT2D eigenvalue weighted by atomic mass is 10.0. The molecule has 20 heavy (non-hydrogen) atoms. The Kier molecular flexibility index (Phi) is 6.87. The molecular weight excluding hydrogens is 258 g/mol. The van der Waals surface area contributed by atoms with Crippen molar-refractivity contribution in [1.29, 1.82) is 0 Å². The Morgan fingerprint density at radius 1 is 1.35 bits per heavy atom. The Hall–Kier alpha value is -1.75. The van der Waals surface area contributed by atoms with E-state index in [1.54, 1.807) is 20.1 Å². The van der Waals surface area contributed by atoms with Gasteiger partial charge in [0.1, 0.15) is 11.5 Å². The van der Waals surface area contributed by atoms with E-state index in [0.29, 0.717) is 24.5 Å². The third-order valence-corrected chi connectivity index (χ3v) is 2.93. The maximum Gasteiger partial charge on any atom is 0.344 e. The highest BCUT2D eigenvalue weighted by Gasteiger charge is 2.11. The summed E-state index contributed by atoms with van der Waals surface area (Å²) >= 11 is 0. The van der Waals surface area contributed by atoms with Gasteiger partial charge in [-0.3, -0.25) is 0 Å². The molecule has 2 N–H and O–H groups in total. The fourth-order valence-corrected chi connectivity index (χ4v) is 1.73. The van der Waals surface area contributed by atoms with E-state index in [1.165, 1.54) is 0 Å². The Bertz CT molecular complexity index is 434. The van der Waals surface area contributed by atoms with Crippen LogP contribution in [0.2, 0.25) is 0 Å². The van der Waals surface area contributed by atoms with Gasteiger partial charge >= 0.3 is 5.97 Å². The van der Waals surface area contributed by atoms with Crippen LogP contribution < -0.4 is 15.2 Å². The number of rotatable bonds is 8. The molecule has 1 unspecified atom stereocenters. The molecule has 0 saturated heterocycles. The Labute approximate surface area is 120 Å². The maximum absolute atomic E-state index is 11.4. The highest BCUT2D eigenvalue weighted by molar-refractivity contribution is 5.71. The zero-order valence-electron chi connectivity index (χ0n) is 12.3. The zero-order valence-corrected chi connectivity index (χ0v) is 12.3. The van der Waals surface area contributed by atoms with Crippen LogP contribution in [0.15, 0.2) is 18.2 Å². The summed E-state index contributed by atoms with van der Waals surface area (Å²) in [5.74, 6) is 0.903. The highest BCUT2D eigenvalue weighted by atomic mass is 16.6. The number of hydrogen-bond acceptors (Lipinski definition) is 5. The van der Waals surface area contributed by atoms with Gasteiger partial charge in [0.25, 0.3) is 0 Å². The molecule has 5 nitrogen and oxygen atoms in total. The van der Waals surface area contributed by atoms with Crippen molar-refractivity contribution >= 4 is 5.97 Å². The minimum Gasteiger partial charge on any atom is -0.497 e. The minimum absolute atomic E-state index is 0.0633. The molecule has 0 heterocycles. The first-order valence-corrected chi connectivity index (χ1v) is 6.81. The summed E-state index contributed by atoms with van der Waals surface area (Å²) in [6.07, 6.45) is 1.57. The van der Waals surface area contributed by atoms with Gasteiger partial charge in [0.15, 0.2) is 6.61 Å². The van der Waals surface area contributed by atoms with Gasteiger partial charge in [-0.15, -0.1) is 0 Å². The summed E-state index contributed by atoms with van der Waals surface area (Å²) in [6, 6.07) is 5.59. The molecule has 0 amide bonds. The standard InChI is InChI=1S/C15H23NO4/c1-4-12(16)8-11-6-7-13(18-3)9-14(11)20-10-15(17)19-5-2/h6-7,9,12H,4-5,8,10,16H2,1-3H3. The molecule has 1 aromatic carbocycles. The number of esters is 1. The van der Waals surface area contributed by atoms with E-state index < -0.39 is 0 Å². The number of benzene rings is 1. The Morgan fingerprint density at radius 2 is 2.10 bits per heavy atom. The summed E-state index contributed by atoms with van der Waals surface area (Å²) in [4.78, 5) is 11.4. The molecule has 0 radical (unpaired) electrons. The predicted molar refractivity (Wildman–Crippen MR) is 77.1 cm³/mol. The Morgan fingerprint density at radius 3 is 2.70 bits per heavy atom. The third kappa shape index (κ3) is 5.09. The van der Waals surface area contributed by atoms with E-state index in [-0.39, 0.29) is 18.6 Å². The fraction of sp³-hybridized carbons (Fsp3) is 0.533. The van der Waals surface area contributed by atoms with Crippen LogP contribution in [0.4, 0.5) is 0 Å². The zero-order chi connectivity index (χ0) is 15.0. The molecule has 0 aliphatic heterocycles.